The average Bonchev–Trinajstić information content (AvgIpc) is 2.68. The van der Waals surface area contributed by atoms with Crippen LogP contribution in [0.25, 0.3) is 0 Å². The van der Waals surface area contributed by atoms with Gasteiger partial charge in [0.15, 0.2) is 5.82 Å². The maximum Gasteiger partial charge on any atom is 0.573 e. The van der Waals surface area contributed by atoms with Gasteiger partial charge in [-0.1, -0.05) is 18.2 Å². The molecule has 0 aliphatic carbocycles. The molecule has 3 rings (SSSR count). The Bertz CT molecular complexity index is 825. The molecule has 0 bridgehead atoms. The Kier molecular flexibility index (Phi) is 6.35. The number of likely N-dealkylation sites (tertiary alicyclic amines) is 1. The first-order valence-electron chi connectivity index (χ1n) is 8.81. The van der Waals surface area contributed by atoms with E-state index in [4.69, 9.17) is 4.74 Å². The number of nitrogens with one attached hydrogen (secondary N) is 1. The van der Waals surface area contributed by atoms with Crippen LogP contribution in [-0.4, -0.2) is 46.5 Å². The van der Waals surface area contributed by atoms with Crippen LogP contribution >= 0.6 is 0 Å². The van der Waals surface area contributed by atoms with E-state index in [-0.39, 0.29) is 30.0 Å². The van der Waals surface area contributed by atoms with E-state index in [0.29, 0.717) is 25.9 Å². The average molecular weight is 414 g/mol. The minimum atomic E-state index is -4.81. The number of hydrogen-bond donors (Lipinski definition) is 1. The van der Waals surface area contributed by atoms with Gasteiger partial charge in [-0.2, -0.15) is 0 Å². The zero-order chi connectivity index (χ0) is 20.9. The molecule has 0 atom stereocenters. The van der Waals surface area contributed by atoms with Crippen LogP contribution in [0.15, 0.2) is 36.7 Å². The Morgan fingerprint density at radius 3 is 2.48 bits per heavy atom. The lowest BCUT2D eigenvalue weighted by molar-refractivity contribution is -0.274. The second-order valence-corrected chi connectivity index (χ2v) is 6.30. The van der Waals surface area contributed by atoms with E-state index in [9.17, 15) is 22.4 Å². The summed E-state index contributed by atoms with van der Waals surface area (Å²) < 4.78 is 59.7. The van der Waals surface area contributed by atoms with Gasteiger partial charge in [-0.15, -0.1) is 13.2 Å². The van der Waals surface area contributed by atoms with E-state index < -0.39 is 18.2 Å². The van der Waals surface area contributed by atoms with Gasteiger partial charge < -0.3 is 19.7 Å². The second-order valence-electron chi connectivity index (χ2n) is 6.30. The van der Waals surface area contributed by atoms with Crippen LogP contribution < -0.4 is 14.8 Å². The SMILES string of the molecule is O=C(NCc1ccccc1OC(F)(F)F)N1CCC(Oc2ncc(F)cn2)CC1. The Hall–Kier alpha value is -3.11. The number of ether oxygens (including phenoxy) is 2. The van der Waals surface area contributed by atoms with Gasteiger partial charge in [0.2, 0.25) is 0 Å². The van der Waals surface area contributed by atoms with Crippen molar-refractivity contribution >= 4 is 6.03 Å². The van der Waals surface area contributed by atoms with E-state index in [1.165, 1.54) is 18.2 Å². The first kappa shape index (κ1) is 20.6. The Morgan fingerprint density at radius 1 is 1.17 bits per heavy atom. The number of rotatable bonds is 5. The molecule has 1 aliphatic heterocycles. The lowest BCUT2D eigenvalue weighted by Gasteiger charge is -2.31. The summed E-state index contributed by atoms with van der Waals surface area (Å²) in [5.41, 5.74) is 0.213. The van der Waals surface area contributed by atoms with Crippen LogP contribution in [0.2, 0.25) is 0 Å². The summed E-state index contributed by atoms with van der Waals surface area (Å²) in [6.07, 6.45) is -1.98. The van der Waals surface area contributed by atoms with Gasteiger partial charge in [-0.3, -0.25) is 0 Å². The molecule has 0 radical (unpaired) electrons. The first-order valence-corrected chi connectivity index (χ1v) is 8.81. The highest BCUT2D eigenvalue weighted by atomic mass is 19.4. The topological polar surface area (TPSA) is 76.6 Å². The van der Waals surface area contributed by atoms with E-state index >= 15 is 0 Å². The molecule has 1 aromatic carbocycles. The summed E-state index contributed by atoms with van der Waals surface area (Å²) in [7, 11) is 0. The third kappa shape index (κ3) is 6.19. The van der Waals surface area contributed by atoms with Crippen molar-refractivity contribution in [2.45, 2.75) is 31.9 Å². The zero-order valence-electron chi connectivity index (χ0n) is 15.2. The number of alkyl halides is 3. The fraction of sp³-hybridized carbons (Fsp3) is 0.389. The number of nitrogens with zero attached hydrogens (tertiary/aromatic N) is 3. The molecule has 1 fully saturated rings. The molecule has 29 heavy (non-hydrogen) atoms. The summed E-state index contributed by atoms with van der Waals surface area (Å²) >= 11 is 0. The number of carbonyl (C=O) groups is 1. The van der Waals surface area contributed by atoms with Crippen molar-refractivity contribution in [1.82, 2.24) is 20.2 Å². The zero-order valence-corrected chi connectivity index (χ0v) is 15.2. The second kappa shape index (κ2) is 8.93. The number of aromatic nitrogens is 2. The molecule has 0 unspecified atom stereocenters. The van der Waals surface area contributed by atoms with Crippen molar-refractivity contribution in [3.63, 3.8) is 0 Å². The fourth-order valence-corrected chi connectivity index (χ4v) is 2.84. The Morgan fingerprint density at radius 2 is 1.83 bits per heavy atom. The number of amides is 2. The van der Waals surface area contributed by atoms with E-state index in [0.717, 1.165) is 12.4 Å². The molecule has 0 spiro atoms. The number of para-hydroxylation sites is 1. The quantitative estimate of drug-likeness (QED) is 0.760. The number of urea groups is 1. The van der Waals surface area contributed by atoms with Crippen LogP contribution in [-0.2, 0) is 6.54 Å². The van der Waals surface area contributed by atoms with Gasteiger partial charge in [0.05, 0.1) is 12.4 Å². The highest BCUT2D eigenvalue weighted by molar-refractivity contribution is 5.74. The number of piperidine rings is 1. The highest BCUT2D eigenvalue weighted by Gasteiger charge is 2.32. The van der Waals surface area contributed by atoms with Gasteiger partial charge in [-0.25, -0.2) is 19.2 Å². The third-order valence-electron chi connectivity index (χ3n) is 4.23. The van der Waals surface area contributed by atoms with Crippen LogP contribution in [0.1, 0.15) is 18.4 Å². The predicted octanol–water partition coefficient (Wildman–Crippen LogP) is 3.27. The molecule has 1 aliphatic rings. The third-order valence-corrected chi connectivity index (χ3v) is 4.23. The van der Waals surface area contributed by atoms with Gasteiger partial charge in [-0.05, 0) is 6.07 Å². The number of hydrogen-bond acceptors (Lipinski definition) is 5. The molecule has 2 amide bonds. The van der Waals surface area contributed by atoms with Crippen LogP contribution in [0.4, 0.5) is 22.4 Å². The standard InChI is InChI=1S/C18H18F4N4O3/c19-13-10-23-16(24-11-13)28-14-5-7-26(8-6-14)17(27)25-9-12-3-1-2-4-15(12)29-18(20,21)22/h1-4,10-11,14H,5-9H2,(H,25,27). The van der Waals surface area contributed by atoms with Crippen LogP contribution in [0, 0.1) is 5.82 Å². The molecular weight excluding hydrogens is 396 g/mol. The Balaban J connectivity index is 1.47. The smallest absolute Gasteiger partial charge is 0.460 e. The van der Waals surface area contributed by atoms with Gasteiger partial charge in [0.25, 0.3) is 0 Å². The van der Waals surface area contributed by atoms with Crippen LogP contribution in [0.5, 0.6) is 11.8 Å². The summed E-state index contributed by atoms with van der Waals surface area (Å²) in [4.78, 5) is 21.3. The Labute approximate surface area is 163 Å². The molecule has 156 valence electrons. The van der Waals surface area contributed by atoms with Gasteiger partial charge in [0, 0.05) is 38.0 Å². The number of carbonyl (C=O) groups excluding carboxylic acids is 1. The van der Waals surface area contributed by atoms with Crippen molar-refractivity contribution in [3.05, 3.63) is 48.0 Å². The molecule has 2 aromatic rings. The van der Waals surface area contributed by atoms with Crippen molar-refractivity contribution in [2.75, 3.05) is 13.1 Å². The van der Waals surface area contributed by atoms with Crippen LogP contribution in [0.3, 0.4) is 0 Å². The van der Waals surface area contributed by atoms with Crippen molar-refractivity contribution < 1.29 is 31.8 Å². The highest BCUT2D eigenvalue weighted by Crippen LogP contribution is 2.26. The lowest BCUT2D eigenvalue weighted by atomic mass is 10.1. The monoisotopic (exact) mass is 414 g/mol. The van der Waals surface area contributed by atoms with Crippen molar-refractivity contribution in [1.29, 1.82) is 0 Å². The minimum absolute atomic E-state index is 0.0653. The molecule has 1 N–H and O–H groups in total. The fourth-order valence-electron chi connectivity index (χ4n) is 2.84. The predicted molar refractivity (Wildman–Crippen MR) is 92.6 cm³/mol. The summed E-state index contributed by atoms with van der Waals surface area (Å²) in [5.74, 6) is -0.919. The van der Waals surface area contributed by atoms with Crippen molar-refractivity contribution in [2.24, 2.45) is 0 Å². The van der Waals surface area contributed by atoms with E-state index in [1.807, 2.05) is 0 Å². The van der Waals surface area contributed by atoms with Gasteiger partial charge in [0.1, 0.15) is 11.9 Å². The molecular formula is C18H18F4N4O3. The number of halogens is 4. The normalized spacial score (nSPS) is 15.1. The maximum atomic E-state index is 12.8. The molecule has 1 aromatic heterocycles. The molecule has 1 saturated heterocycles. The minimum Gasteiger partial charge on any atom is -0.460 e. The van der Waals surface area contributed by atoms with Crippen molar-refractivity contribution in [3.8, 4) is 11.8 Å². The summed E-state index contributed by atoms with van der Waals surface area (Å²) in [6.45, 7) is 0.668. The molecule has 2 heterocycles. The maximum absolute atomic E-state index is 12.8. The van der Waals surface area contributed by atoms with E-state index in [2.05, 4.69) is 20.0 Å². The summed E-state index contributed by atoms with van der Waals surface area (Å²) in [5, 5.41) is 2.60. The number of benzene rings is 1. The van der Waals surface area contributed by atoms with E-state index in [1.54, 1.807) is 11.0 Å². The first-order chi connectivity index (χ1) is 13.8. The lowest BCUT2D eigenvalue weighted by Crippen LogP contribution is -2.46. The summed E-state index contributed by atoms with van der Waals surface area (Å²) in [6, 6.07) is 5.28. The molecule has 0 saturated carbocycles. The molecule has 11 heteroatoms. The molecule has 7 nitrogen and oxygen atoms in total. The van der Waals surface area contributed by atoms with Gasteiger partial charge >= 0.3 is 18.4 Å². The largest absolute Gasteiger partial charge is 0.573 e.